The lowest BCUT2D eigenvalue weighted by atomic mass is 9.54. The van der Waals surface area contributed by atoms with Crippen LogP contribution in [0.25, 0.3) is 0 Å². The molecule has 3 aliphatic carbocycles. The predicted octanol–water partition coefficient (Wildman–Crippen LogP) is 9.54. The molecule has 1 unspecified atom stereocenters. The normalized spacial score (nSPS) is 23.2. The van der Waals surface area contributed by atoms with Gasteiger partial charge in [0.05, 0.1) is 17.5 Å². The van der Waals surface area contributed by atoms with E-state index in [2.05, 4.69) is 51.6 Å². The van der Waals surface area contributed by atoms with Crippen molar-refractivity contribution in [1.29, 1.82) is 0 Å². The molecule has 1 aromatic heterocycles. The lowest BCUT2D eigenvalue weighted by molar-refractivity contribution is -0.151. The van der Waals surface area contributed by atoms with Crippen molar-refractivity contribution in [3.8, 4) is 11.6 Å². The number of ketones is 3. The Hall–Kier alpha value is -4.13. The van der Waals surface area contributed by atoms with E-state index >= 15 is 14.4 Å². The highest BCUT2D eigenvalue weighted by Gasteiger charge is 2.70. The number of hydrogen-bond donors (Lipinski definition) is 0. The van der Waals surface area contributed by atoms with Gasteiger partial charge in [-0.15, -0.1) is 0 Å². The van der Waals surface area contributed by atoms with Gasteiger partial charge in [-0.2, -0.15) is 0 Å². The van der Waals surface area contributed by atoms with E-state index in [1.54, 1.807) is 0 Å². The Labute approximate surface area is 354 Å². The molecule has 1 heterocycles. The average Bonchev–Trinajstić information content (AvgIpc) is 3.59. The van der Waals surface area contributed by atoms with Gasteiger partial charge in [0.1, 0.15) is 24.5 Å². The van der Waals surface area contributed by atoms with Crippen LogP contribution in [0.2, 0.25) is 23.2 Å². The van der Waals surface area contributed by atoms with Crippen LogP contribution < -0.4 is 9.47 Å². The van der Waals surface area contributed by atoms with E-state index in [1.165, 1.54) is 0 Å². The highest BCUT2D eigenvalue weighted by Crippen LogP contribution is 2.59. The largest absolute Gasteiger partial charge is 0.488 e. The molecule has 0 aliphatic heterocycles. The second-order valence-corrected chi connectivity index (χ2v) is 24.5. The van der Waals surface area contributed by atoms with E-state index in [1.807, 2.05) is 106 Å². The van der Waals surface area contributed by atoms with Crippen molar-refractivity contribution in [1.82, 2.24) is 15.0 Å². The molecule has 0 amide bonds. The third-order valence-electron chi connectivity index (χ3n) is 13.3. The Morgan fingerprint density at radius 1 is 0.881 bits per heavy atom. The lowest BCUT2D eigenvalue weighted by Crippen LogP contribution is -2.70. The first-order chi connectivity index (χ1) is 27.7. The van der Waals surface area contributed by atoms with Gasteiger partial charge in [0.25, 0.3) is 5.88 Å². The molecule has 7 rings (SSSR count). The molecule has 0 radical (unpaired) electrons. The molecule has 4 aromatic rings. The zero-order valence-corrected chi connectivity index (χ0v) is 38.0. The van der Waals surface area contributed by atoms with Crippen LogP contribution in [-0.2, 0) is 35.4 Å². The van der Waals surface area contributed by atoms with Crippen LogP contribution in [-0.4, -0.2) is 72.9 Å². The zero-order valence-electron chi connectivity index (χ0n) is 36.3. The predicted molar refractivity (Wildman–Crippen MR) is 231 cm³/mol. The minimum atomic E-state index is -2.92. The molecule has 1 saturated carbocycles. The molecule has 59 heavy (non-hydrogen) atoms. The van der Waals surface area contributed by atoms with Gasteiger partial charge in [-0.1, -0.05) is 93.0 Å². The number of hydrogen-bond acceptors (Lipinski definition) is 10. The van der Waals surface area contributed by atoms with Crippen LogP contribution in [0.15, 0.2) is 71.3 Å². The number of rotatable bonds is 11. The lowest BCUT2D eigenvalue weighted by Gasteiger charge is -2.56. The summed E-state index contributed by atoms with van der Waals surface area (Å²) in [5.74, 6) is -3.12. The molecule has 12 heteroatoms. The molecule has 314 valence electrons. The van der Waals surface area contributed by atoms with Gasteiger partial charge in [0, 0.05) is 23.0 Å². The standard InChI is InChI=1S/C47H58ClN3O7Si/c1-45(2,3)51(9)25-31-24-34(55-26-28-18-14-12-15-19-28)36-32(38(31)48)22-30-23-33-39(50(7)8)41-37(44(49-57-41)56-27-29-20-16-13-17-21-29)43(54)47(33,42(53)35(30)40(36)52)58-59(10,11)46(4,5)6/h12-21,24,30,33,35,39H,22-23,25-27H2,1-11H3/t30-,33-,35?,39-,47-/m0/s1. The summed E-state index contributed by atoms with van der Waals surface area (Å²) in [6, 6.07) is 20.6. The first kappa shape index (κ1) is 43.0. The Morgan fingerprint density at radius 2 is 1.47 bits per heavy atom. The van der Waals surface area contributed by atoms with Gasteiger partial charge in [-0.05, 0) is 112 Å². The molecule has 1 fully saturated rings. The van der Waals surface area contributed by atoms with E-state index in [9.17, 15) is 0 Å². The summed E-state index contributed by atoms with van der Waals surface area (Å²) in [5, 5.41) is 4.42. The van der Waals surface area contributed by atoms with Gasteiger partial charge in [0.15, 0.2) is 31.2 Å². The second-order valence-electron chi connectivity index (χ2n) is 19.4. The van der Waals surface area contributed by atoms with Crippen molar-refractivity contribution < 1.29 is 32.8 Å². The number of carbonyl (C=O) groups is 3. The Kier molecular flexibility index (Phi) is 11.4. The van der Waals surface area contributed by atoms with Crippen molar-refractivity contribution in [2.45, 2.75) is 109 Å². The summed E-state index contributed by atoms with van der Waals surface area (Å²) in [6.07, 6.45) is 0.675. The second kappa shape index (κ2) is 15.7. The Morgan fingerprint density at radius 3 is 2.03 bits per heavy atom. The molecule has 0 bridgehead atoms. The number of benzene rings is 3. The monoisotopic (exact) mass is 839 g/mol. The number of ether oxygens (including phenoxy) is 2. The number of carbonyl (C=O) groups excluding carboxylic acids is 3. The fourth-order valence-corrected chi connectivity index (χ4v) is 10.5. The van der Waals surface area contributed by atoms with Crippen LogP contribution in [0.3, 0.4) is 0 Å². The zero-order chi connectivity index (χ0) is 42.8. The highest BCUT2D eigenvalue weighted by atomic mass is 35.5. The summed E-state index contributed by atoms with van der Waals surface area (Å²) in [4.78, 5) is 51.0. The van der Waals surface area contributed by atoms with Crippen LogP contribution in [0.1, 0.15) is 103 Å². The SMILES string of the molecule is CN(C)[C@@H]1c2onc(OCc3ccccc3)c2C(=O)[C@@]2(O[Si](C)(C)C(C)(C)C)C(=O)C3C(=O)c4c(OCc5ccccc5)cc(CN(C)C(C)(C)C)c(Cl)c4C[C@H]3C[C@@H]12. The summed E-state index contributed by atoms with van der Waals surface area (Å²) in [6.45, 7) is 17.6. The number of halogens is 1. The van der Waals surface area contributed by atoms with Gasteiger partial charge in [0.2, 0.25) is 5.78 Å². The number of nitrogens with zero attached hydrogens (tertiary/aromatic N) is 3. The van der Waals surface area contributed by atoms with Gasteiger partial charge >= 0.3 is 0 Å². The molecule has 0 N–H and O–H groups in total. The summed E-state index contributed by atoms with van der Waals surface area (Å²) in [7, 11) is 2.92. The van der Waals surface area contributed by atoms with Crippen LogP contribution >= 0.6 is 11.6 Å². The fourth-order valence-electron chi connectivity index (χ4n) is 8.72. The van der Waals surface area contributed by atoms with Gasteiger partial charge < -0.3 is 18.4 Å². The fraction of sp³-hybridized carbons (Fsp3) is 0.489. The smallest absolute Gasteiger partial charge is 0.265 e. The third kappa shape index (κ3) is 7.62. The minimum absolute atomic E-state index is 0.00346. The maximum Gasteiger partial charge on any atom is 0.265 e. The highest BCUT2D eigenvalue weighted by molar-refractivity contribution is 6.74. The Bertz CT molecular complexity index is 2240. The van der Waals surface area contributed by atoms with Crippen LogP contribution in [0, 0.1) is 17.8 Å². The summed E-state index contributed by atoms with van der Waals surface area (Å²) < 4.78 is 26.1. The van der Waals surface area contributed by atoms with Gasteiger partial charge in [-0.25, -0.2) is 0 Å². The third-order valence-corrected chi connectivity index (χ3v) is 18.2. The summed E-state index contributed by atoms with van der Waals surface area (Å²) in [5.41, 5.74) is 1.54. The van der Waals surface area contributed by atoms with Crippen molar-refractivity contribution in [3.63, 3.8) is 0 Å². The molecule has 10 nitrogen and oxygen atoms in total. The number of Topliss-reactive ketones (excluding diaryl/α,β-unsaturated/α-hetero) is 3. The molecular formula is C47H58ClN3O7Si. The molecule has 3 aromatic carbocycles. The molecule has 5 atom stereocenters. The van der Waals surface area contributed by atoms with Crippen LogP contribution in [0.4, 0.5) is 0 Å². The number of aromatic nitrogens is 1. The van der Waals surface area contributed by atoms with Crippen molar-refractivity contribution in [2.24, 2.45) is 17.8 Å². The molecule has 3 aliphatic rings. The summed E-state index contributed by atoms with van der Waals surface area (Å²) >= 11 is 7.35. The Balaban J connectivity index is 1.38. The average molecular weight is 841 g/mol. The molecular weight excluding hydrogens is 782 g/mol. The topological polar surface area (TPSA) is 111 Å². The van der Waals surface area contributed by atoms with Crippen molar-refractivity contribution >= 4 is 37.3 Å². The first-order valence-electron chi connectivity index (χ1n) is 20.6. The van der Waals surface area contributed by atoms with E-state index < -0.39 is 55.1 Å². The first-order valence-corrected chi connectivity index (χ1v) is 23.8. The van der Waals surface area contributed by atoms with E-state index in [0.29, 0.717) is 47.0 Å². The van der Waals surface area contributed by atoms with Crippen molar-refractivity contribution in [3.05, 3.63) is 111 Å². The van der Waals surface area contributed by atoms with E-state index in [0.717, 1.165) is 16.7 Å². The van der Waals surface area contributed by atoms with Crippen molar-refractivity contribution in [2.75, 3.05) is 21.1 Å². The number of fused-ring (bicyclic) bond motifs is 4. The van der Waals surface area contributed by atoms with Gasteiger partial charge in [-0.3, -0.25) is 24.2 Å². The van der Waals surface area contributed by atoms with Crippen LogP contribution in [0.5, 0.6) is 11.6 Å². The van der Waals surface area contributed by atoms with E-state index in [4.69, 9.17) is 30.0 Å². The maximum absolute atomic E-state index is 15.9. The molecule has 0 saturated heterocycles. The quantitative estimate of drug-likeness (QED) is 0.107. The maximum atomic E-state index is 15.9. The minimum Gasteiger partial charge on any atom is -0.488 e. The van der Waals surface area contributed by atoms with E-state index in [-0.39, 0.29) is 35.2 Å². The molecule has 0 spiro atoms.